The summed E-state index contributed by atoms with van der Waals surface area (Å²) >= 11 is 0. The average molecular weight is 363 g/mol. The quantitative estimate of drug-likeness (QED) is 0.771. The average Bonchev–Trinajstić information content (AvgIpc) is 3.00. The summed E-state index contributed by atoms with van der Waals surface area (Å²) in [5.41, 5.74) is 3.46. The Kier molecular flexibility index (Phi) is 3.91. The van der Waals surface area contributed by atoms with Crippen LogP contribution in [-0.4, -0.2) is 12.2 Å². The first-order valence-corrected chi connectivity index (χ1v) is 10.5. The molecule has 0 heterocycles. The van der Waals surface area contributed by atoms with Gasteiger partial charge in [0.05, 0.1) is 12.7 Å². The molecule has 3 aliphatic rings. The number of ether oxygens (including phenoxy) is 1. The van der Waals surface area contributed by atoms with Gasteiger partial charge in [-0.05, 0) is 85.1 Å². The third-order valence-corrected chi connectivity index (χ3v) is 8.34. The van der Waals surface area contributed by atoms with Gasteiger partial charge in [0.2, 0.25) is 0 Å². The molecular weight excluding hydrogens is 332 g/mol. The van der Waals surface area contributed by atoms with E-state index in [1.165, 1.54) is 18.4 Å². The Labute approximate surface area is 162 Å². The van der Waals surface area contributed by atoms with Gasteiger partial charge in [0.25, 0.3) is 0 Å². The summed E-state index contributed by atoms with van der Waals surface area (Å²) in [4.78, 5) is 0. The normalized spacial score (nSPS) is 37.2. The number of rotatable bonds is 2. The molecule has 0 spiro atoms. The predicted octanol–water partition coefficient (Wildman–Crippen LogP) is 5.44. The van der Waals surface area contributed by atoms with Gasteiger partial charge in [-0.2, -0.15) is 0 Å². The fraction of sp³-hybridized carbons (Fsp3) is 0.520. The van der Waals surface area contributed by atoms with Crippen molar-refractivity contribution in [2.75, 3.05) is 7.11 Å². The maximum absolute atomic E-state index is 11.9. The van der Waals surface area contributed by atoms with Gasteiger partial charge in [-0.1, -0.05) is 43.3 Å². The molecule has 27 heavy (non-hydrogen) atoms. The molecule has 0 radical (unpaired) electrons. The molecular formula is C25H30O2. The Morgan fingerprint density at radius 3 is 2.59 bits per heavy atom. The second-order valence-electron chi connectivity index (χ2n) is 9.20. The van der Waals surface area contributed by atoms with Crippen molar-refractivity contribution >= 4 is 0 Å². The first-order chi connectivity index (χ1) is 13.1. The minimum atomic E-state index is -0.677. The van der Waals surface area contributed by atoms with Crippen LogP contribution < -0.4 is 4.74 Å². The SMILES string of the molecule is COc1ccc2c(c1)CC[C@@H]1[C@@H]2CC[C@@]2(C)[C@H]1CC[C@@]2(O)c1ccccc1. The molecule has 0 unspecified atom stereocenters. The summed E-state index contributed by atoms with van der Waals surface area (Å²) in [5.74, 6) is 2.93. The maximum atomic E-state index is 11.9. The Morgan fingerprint density at radius 2 is 1.81 bits per heavy atom. The van der Waals surface area contributed by atoms with Crippen LogP contribution in [0.1, 0.15) is 61.6 Å². The lowest BCUT2D eigenvalue weighted by Gasteiger charge is -2.53. The van der Waals surface area contributed by atoms with E-state index in [-0.39, 0.29) is 5.41 Å². The fourth-order valence-corrected chi connectivity index (χ4v) is 6.89. The number of fused-ring (bicyclic) bond motifs is 5. The van der Waals surface area contributed by atoms with Crippen LogP contribution in [-0.2, 0) is 12.0 Å². The molecule has 0 saturated heterocycles. The summed E-state index contributed by atoms with van der Waals surface area (Å²) < 4.78 is 5.44. The van der Waals surface area contributed by atoms with E-state index in [0.717, 1.165) is 37.0 Å². The third-order valence-electron chi connectivity index (χ3n) is 8.34. The van der Waals surface area contributed by atoms with Crippen molar-refractivity contribution in [2.24, 2.45) is 17.3 Å². The second-order valence-corrected chi connectivity index (χ2v) is 9.20. The van der Waals surface area contributed by atoms with Gasteiger partial charge in [0.15, 0.2) is 0 Å². The number of aliphatic hydroxyl groups is 1. The van der Waals surface area contributed by atoms with Crippen molar-refractivity contribution in [3.63, 3.8) is 0 Å². The summed E-state index contributed by atoms with van der Waals surface area (Å²) in [5, 5.41) is 11.9. The van der Waals surface area contributed by atoms with Crippen molar-refractivity contribution in [1.82, 2.24) is 0 Å². The first-order valence-electron chi connectivity index (χ1n) is 10.5. The summed E-state index contributed by atoms with van der Waals surface area (Å²) in [7, 11) is 1.75. The zero-order valence-corrected chi connectivity index (χ0v) is 16.4. The Morgan fingerprint density at radius 1 is 1.00 bits per heavy atom. The van der Waals surface area contributed by atoms with Crippen LogP contribution in [0.4, 0.5) is 0 Å². The molecule has 2 fully saturated rings. The second kappa shape index (κ2) is 6.10. The van der Waals surface area contributed by atoms with Crippen LogP contribution in [0, 0.1) is 17.3 Å². The molecule has 1 N–H and O–H groups in total. The number of aryl methyl sites for hydroxylation is 1. The molecule has 5 atom stereocenters. The van der Waals surface area contributed by atoms with E-state index in [9.17, 15) is 5.11 Å². The van der Waals surface area contributed by atoms with E-state index >= 15 is 0 Å². The lowest BCUT2D eigenvalue weighted by atomic mass is 9.52. The standard InChI is InChI=1S/C25H30O2/c1-24-14-12-21-20-11-9-19(27-2)16-17(20)8-10-22(21)23(24)13-15-25(24,26)18-6-4-3-5-7-18/h3-7,9,11,16,21-23,26H,8,10,12-15H2,1-2H3/t21-,22-,23+,24+,25-/m1/s1. The molecule has 2 saturated carbocycles. The van der Waals surface area contributed by atoms with Crippen LogP contribution >= 0.6 is 0 Å². The molecule has 0 amide bonds. The van der Waals surface area contributed by atoms with E-state index in [1.807, 2.05) is 6.07 Å². The Hall–Kier alpha value is -1.80. The largest absolute Gasteiger partial charge is 0.497 e. The lowest BCUT2D eigenvalue weighted by molar-refractivity contribution is -0.108. The van der Waals surface area contributed by atoms with Gasteiger partial charge >= 0.3 is 0 Å². The predicted molar refractivity (Wildman–Crippen MR) is 108 cm³/mol. The van der Waals surface area contributed by atoms with E-state index in [4.69, 9.17) is 4.74 Å². The zero-order valence-electron chi connectivity index (χ0n) is 16.4. The van der Waals surface area contributed by atoms with Crippen LogP contribution in [0.5, 0.6) is 5.75 Å². The van der Waals surface area contributed by atoms with Crippen LogP contribution in [0.15, 0.2) is 48.5 Å². The van der Waals surface area contributed by atoms with Crippen molar-refractivity contribution < 1.29 is 9.84 Å². The minimum Gasteiger partial charge on any atom is -0.497 e. The molecule has 2 nitrogen and oxygen atoms in total. The first kappa shape index (κ1) is 17.3. The van der Waals surface area contributed by atoms with Gasteiger partial charge < -0.3 is 9.84 Å². The van der Waals surface area contributed by atoms with E-state index in [1.54, 1.807) is 12.7 Å². The third kappa shape index (κ3) is 2.35. The Balaban J connectivity index is 1.50. The number of methoxy groups -OCH3 is 1. The zero-order chi connectivity index (χ0) is 18.6. The summed E-state index contributed by atoms with van der Waals surface area (Å²) in [6.07, 6.45) is 6.73. The minimum absolute atomic E-state index is 0.0144. The smallest absolute Gasteiger partial charge is 0.119 e. The Bertz CT molecular complexity index is 845. The number of benzene rings is 2. The van der Waals surface area contributed by atoms with E-state index < -0.39 is 5.60 Å². The molecule has 2 aromatic carbocycles. The molecule has 5 rings (SSSR count). The molecule has 3 aliphatic carbocycles. The van der Waals surface area contributed by atoms with Crippen molar-refractivity contribution in [3.8, 4) is 5.75 Å². The van der Waals surface area contributed by atoms with Gasteiger partial charge in [0, 0.05) is 5.41 Å². The topological polar surface area (TPSA) is 29.5 Å². The monoisotopic (exact) mass is 362 g/mol. The number of hydrogen-bond donors (Lipinski definition) is 1. The summed E-state index contributed by atoms with van der Waals surface area (Å²) in [6.45, 7) is 2.37. The highest BCUT2D eigenvalue weighted by molar-refractivity contribution is 5.41. The fourth-order valence-electron chi connectivity index (χ4n) is 6.89. The van der Waals surface area contributed by atoms with Gasteiger partial charge in [0.1, 0.15) is 5.75 Å². The molecule has 0 aliphatic heterocycles. The van der Waals surface area contributed by atoms with Gasteiger partial charge in [-0.15, -0.1) is 0 Å². The van der Waals surface area contributed by atoms with Crippen LogP contribution in [0.2, 0.25) is 0 Å². The highest BCUT2D eigenvalue weighted by Gasteiger charge is 2.61. The molecule has 0 bridgehead atoms. The molecule has 2 aromatic rings. The van der Waals surface area contributed by atoms with Crippen LogP contribution in [0.25, 0.3) is 0 Å². The highest BCUT2D eigenvalue weighted by atomic mass is 16.5. The van der Waals surface area contributed by atoms with Crippen molar-refractivity contribution in [3.05, 3.63) is 65.2 Å². The van der Waals surface area contributed by atoms with E-state index in [2.05, 4.69) is 49.4 Å². The maximum Gasteiger partial charge on any atom is 0.119 e. The van der Waals surface area contributed by atoms with Crippen molar-refractivity contribution in [1.29, 1.82) is 0 Å². The highest BCUT2D eigenvalue weighted by Crippen LogP contribution is 2.66. The summed E-state index contributed by atoms with van der Waals surface area (Å²) in [6, 6.07) is 17.1. The molecule has 0 aromatic heterocycles. The van der Waals surface area contributed by atoms with Gasteiger partial charge in [-0.3, -0.25) is 0 Å². The molecule has 142 valence electrons. The lowest BCUT2D eigenvalue weighted by Crippen LogP contribution is -2.49. The van der Waals surface area contributed by atoms with Crippen molar-refractivity contribution in [2.45, 2.75) is 57.0 Å². The van der Waals surface area contributed by atoms with Gasteiger partial charge in [-0.25, -0.2) is 0 Å². The molecule has 2 heteroatoms. The number of hydrogen-bond acceptors (Lipinski definition) is 2. The van der Waals surface area contributed by atoms with Crippen LogP contribution in [0.3, 0.4) is 0 Å². The van der Waals surface area contributed by atoms with E-state index in [0.29, 0.717) is 17.8 Å².